The predicted molar refractivity (Wildman–Crippen MR) is 96.9 cm³/mol. The topological polar surface area (TPSA) is 74.8 Å². The summed E-state index contributed by atoms with van der Waals surface area (Å²) < 4.78 is 0. The molecule has 0 aliphatic heterocycles. The minimum atomic E-state index is -0.358. The molecule has 1 unspecified atom stereocenters. The van der Waals surface area contributed by atoms with Crippen LogP contribution in [0.1, 0.15) is 31.0 Å². The summed E-state index contributed by atoms with van der Waals surface area (Å²) in [5.74, 6) is -0.154. The fraction of sp³-hybridized carbons (Fsp3) is 0.353. The maximum Gasteiger partial charge on any atom is 0.254 e. The number of halogens is 1. The number of rotatable bonds is 5. The van der Waals surface area contributed by atoms with E-state index in [2.05, 4.69) is 15.3 Å². The van der Waals surface area contributed by atoms with Gasteiger partial charge in [-0.05, 0) is 37.8 Å². The van der Waals surface area contributed by atoms with E-state index >= 15 is 0 Å². The van der Waals surface area contributed by atoms with Crippen LogP contribution in [0.15, 0.2) is 34.2 Å². The van der Waals surface area contributed by atoms with Gasteiger partial charge in [0.2, 0.25) is 5.91 Å². The Morgan fingerprint density at radius 1 is 1.42 bits per heavy atom. The zero-order chi connectivity index (χ0) is 17.1. The summed E-state index contributed by atoms with van der Waals surface area (Å²) in [7, 11) is 0. The van der Waals surface area contributed by atoms with Crippen LogP contribution in [0.25, 0.3) is 0 Å². The molecule has 2 N–H and O–H groups in total. The van der Waals surface area contributed by atoms with Gasteiger partial charge in [0, 0.05) is 5.56 Å². The predicted octanol–water partition coefficient (Wildman–Crippen LogP) is 3.42. The van der Waals surface area contributed by atoms with Crippen molar-refractivity contribution in [2.24, 2.45) is 0 Å². The van der Waals surface area contributed by atoms with Crippen molar-refractivity contribution in [3.8, 4) is 0 Å². The van der Waals surface area contributed by atoms with Gasteiger partial charge in [-0.1, -0.05) is 42.4 Å². The van der Waals surface area contributed by atoms with E-state index in [0.29, 0.717) is 22.3 Å². The van der Waals surface area contributed by atoms with E-state index in [9.17, 15) is 9.59 Å². The molecule has 7 heteroatoms. The lowest BCUT2D eigenvalue weighted by molar-refractivity contribution is -0.115. The van der Waals surface area contributed by atoms with Crippen molar-refractivity contribution in [3.63, 3.8) is 0 Å². The first kappa shape index (κ1) is 17.0. The largest absolute Gasteiger partial charge is 0.324 e. The molecule has 0 saturated carbocycles. The molecule has 1 amide bonds. The maximum atomic E-state index is 12.5. The Kier molecular flexibility index (Phi) is 5.26. The van der Waals surface area contributed by atoms with Crippen molar-refractivity contribution in [2.45, 2.75) is 43.0 Å². The van der Waals surface area contributed by atoms with Gasteiger partial charge >= 0.3 is 0 Å². The SMILES string of the molecule is CCC(Sc1nc2c(c(=O)[nH]1)CCC2)C(=O)Nc1ccccc1Cl. The third kappa shape index (κ3) is 3.65. The third-order valence-electron chi connectivity index (χ3n) is 3.97. The summed E-state index contributed by atoms with van der Waals surface area (Å²) in [5.41, 5.74) is 2.15. The number of para-hydroxylation sites is 1. The fourth-order valence-electron chi connectivity index (χ4n) is 2.71. The van der Waals surface area contributed by atoms with Gasteiger partial charge in [0.1, 0.15) is 0 Å². The highest BCUT2D eigenvalue weighted by atomic mass is 35.5. The second kappa shape index (κ2) is 7.40. The Morgan fingerprint density at radius 3 is 2.96 bits per heavy atom. The average molecular weight is 364 g/mol. The number of nitrogens with one attached hydrogen (secondary N) is 2. The van der Waals surface area contributed by atoms with Gasteiger partial charge in [0.25, 0.3) is 5.56 Å². The van der Waals surface area contributed by atoms with Crippen LogP contribution >= 0.6 is 23.4 Å². The first-order chi connectivity index (χ1) is 11.6. The van der Waals surface area contributed by atoms with E-state index in [1.165, 1.54) is 11.8 Å². The highest BCUT2D eigenvalue weighted by molar-refractivity contribution is 8.00. The number of anilines is 1. The Labute approximate surface area is 149 Å². The second-order valence-corrected chi connectivity index (χ2v) is 7.23. The first-order valence-electron chi connectivity index (χ1n) is 7.92. The van der Waals surface area contributed by atoms with Crippen LogP contribution in [0.3, 0.4) is 0 Å². The Balaban J connectivity index is 1.75. The lowest BCUT2D eigenvalue weighted by Gasteiger charge is -2.15. The van der Waals surface area contributed by atoms with E-state index in [4.69, 9.17) is 11.6 Å². The zero-order valence-electron chi connectivity index (χ0n) is 13.3. The van der Waals surface area contributed by atoms with Gasteiger partial charge in [-0.15, -0.1) is 0 Å². The van der Waals surface area contributed by atoms with Crippen molar-refractivity contribution >= 4 is 35.0 Å². The van der Waals surface area contributed by atoms with E-state index in [0.717, 1.165) is 30.5 Å². The van der Waals surface area contributed by atoms with Crippen LogP contribution in [0.4, 0.5) is 5.69 Å². The second-order valence-electron chi connectivity index (χ2n) is 5.63. The molecule has 1 aromatic carbocycles. The number of benzene rings is 1. The van der Waals surface area contributed by atoms with Crippen LogP contribution in [0.5, 0.6) is 0 Å². The highest BCUT2D eigenvalue weighted by Gasteiger charge is 2.22. The zero-order valence-corrected chi connectivity index (χ0v) is 14.8. The van der Waals surface area contributed by atoms with Gasteiger partial charge in [-0.2, -0.15) is 0 Å². The van der Waals surface area contributed by atoms with Crippen LogP contribution in [-0.2, 0) is 17.6 Å². The molecule has 1 aromatic heterocycles. The molecule has 0 radical (unpaired) electrons. The van der Waals surface area contributed by atoms with Gasteiger partial charge in [-0.25, -0.2) is 4.98 Å². The molecule has 126 valence electrons. The number of carbonyl (C=O) groups excluding carboxylic acids is 1. The molecule has 1 heterocycles. The number of amides is 1. The average Bonchev–Trinajstić information content (AvgIpc) is 3.03. The molecule has 0 saturated heterocycles. The van der Waals surface area contributed by atoms with E-state index < -0.39 is 0 Å². The van der Waals surface area contributed by atoms with Crippen LogP contribution in [0.2, 0.25) is 5.02 Å². The minimum Gasteiger partial charge on any atom is -0.324 e. The summed E-state index contributed by atoms with van der Waals surface area (Å²) in [6, 6.07) is 7.11. The number of H-pyrrole nitrogens is 1. The van der Waals surface area contributed by atoms with Crippen LogP contribution in [0, 0.1) is 0 Å². The molecule has 1 aliphatic carbocycles. The Morgan fingerprint density at radius 2 is 2.21 bits per heavy atom. The highest BCUT2D eigenvalue weighted by Crippen LogP contribution is 2.27. The van der Waals surface area contributed by atoms with Gasteiger partial charge < -0.3 is 10.3 Å². The molecule has 24 heavy (non-hydrogen) atoms. The third-order valence-corrected chi connectivity index (χ3v) is 5.55. The standard InChI is InChI=1S/C17H18ClN3O2S/c1-2-14(16(23)19-13-8-4-3-7-11(13)18)24-17-20-12-9-5-6-10(12)15(22)21-17/h3-4,7-8,14H,2,5-6,9H2,1H3,(H,19,23)(H,20,21,22). The molecular formula is C17H18ClN3O2S. The van der Waals surface area contributed by atoms with E-state index in [-0.39, 0.29) is 16.7 Å². The van der Waals surface area contributed by atoms with Crippen molar-refractivity contribution in [3.05, 3.63) is 50.9 Å². The molecular weight excluding hydrogens is 346 g/mol. The minimum absolute atomic E-state index is 0.0821. The molecule has 5 nitrogen and oxygen atoms in total. The number of aromatic amines is 1. The van der Waals surface area contributed by atoms with Gasteiger partial charge in [0.05, 0.1) is 21.7 Å². The molecule has 0 spiro atoms. The lowest BCUT2D eigenvalue weighted by atomic mass is 10.2. The number of thioether (sulfide) groups is 1. The maximum absolute atomic E-state index is 12.5. The van der Waals surface area contributed by atoms with Crippen LogP contribution < -0.4 is 10.9 Å². The fourth-order valence-corrected chi connectivity index (χ4v) is 3.81. The number of fused-ring (bicyclic) bond motifs is 1. The summed E-state index contributed by atoms with van der Waals surface area (Å²) in [5, 5.41) is 3.48. The van der Waals surface area contributed by atoms with E-state index in [1.807, 2.05) is 19.1 Å². The molecule has 1 aliphatic rings. The summed E-state index contributed by atoms with van der Waals surface area (Å²) in [6.45, 7) is 1.93. The number of nitrogens with zero attached hydrogens (tertiary/aromatic N) is 1. The molecule has 3 rings (SSSR count). The summed E-state index contributed by atoms with van der Waals surface area (Å²) in [4.78, 5) is 31.9. The monoisotopic (exact) mass is 363 g/mol. The van der Waals surface area contributed by atoms with Gasteiger partial charge in [-0.3, -0.25) is 9.59 Å². The van der Waals surface area contributed by atoms with Crippen LogP contribution in [-0.4, -0.2) is 21.1 Å². The van der Waals surface area contributed by atoms with Crippen molar-refractivity contribution in [1.29, 1.82) is 0 Å². The molecule has 0 fully saturated rings. The summed E-state index contributed by atoms with van der Waals surface area (Å²) in [6.07, 6.45) is 3.19. The number of aromatic nitrogens is 2. The molecule has 2 aromatic rings. The quantitative estimate of drug-likeness (QED) is 0.630. The normalized spacial score (nSPS) is 14.2. The first-order valence-corrected chi connectivity index (χ1v) is 9.18. The molecule has 1 atom stereocenters. The smallest absolute Gasteiger partial charge is 0.254 e. The van der Waals surface area contributed by atoms with E-state index in [1.54, 1.807) is 12.1 Å². The molecule has 0 bridgehead atoms. The Bertz CT molecular complexity index is 822. The number of hydrogen-bond acceptors (Lipinski definition) is 4. The van der Waals surface area contributed by atoms with Gasteiger partial charge in [0.15, 0.2) is 5.16 Å². The number of hydrogen-bond donors (Lipinski definition) is 2. The van der Waals surface area contributed by atoms with Crippen molar-refractivity contribution < 1.29 is 4.79 Å². The van der Waals surface area contributed by atoms with Crippen molar-refractivity contribution in [2.75, 3.05) is 5.32 Å². The van der Waals surface area contributed by atoms with Crippen molar-refractivity contribution in [1.82, 2.24) is 9.97 Å². The lowest BCUT2D eigenvalue weighted by Crippen LogP contribution is -2.25. The number of carbonyl (C=O) groups is 1. The summed E-state index contributed by atoms with van der Waals surface area (Å²) >= 11 is 7.36. The number of aryl methyl sites for hydroxylation is 1. The Hall–Kier alpha value is -1.79.